The molecule has 0 aromatic heterocycles. The first-order chi connectivity index (χ1) is 20.3. The second-order valence-electron chi connectivity index (χ2n) is 12.1. The molecule has 214 valence electrons. The monoisotopic (exact) mass is 576 g/mol. The molecular weight excluding hydrogens is 552 g/mol. The van der Waals surface area contributed by atoms with Crippen LogP contribution in [0.4, 0.5) is 0 Å². The molecule has 8 aromatic carbocycles. The maximum Gasteiger partial charge on any atom is 0.201 e. The van der Waals surface area contributed by atoms with Crippen molar-refractivity contribution in [3.8, 4) is 40.2 Å². The SMILES string of the molecule is CC(C)c1c(O)c2c(=O)c3c(O)ccc4c5c(O)c(C(C)C)c(O)c6c(=O)c7c(O)cc(O)c8c(c1O)c2c(c34)c(c65)c78. The summed E-state index contributed by atoms with van der Waals surface area (Å²) in [6.07, 6.45) is 0. The fourth-order valence-electron chi connectivity index (χ4n) is 7.71. The van der Waals surface area contributed by atoms with Crippen LogP contribution in [-0.4, -0.2) is 35.7 Å². The highest BCUT2D eigenvalue weighted by Gasteiger charge is 2.35. The zero-order valence-electron chi connectivity index (χ0n) is 23.3. The average Bonchev–Trinajstić information content (AvgIpc) is 2.91. The van der Waals surface area contributed by atoms with Gasteiger partial charge in [-0.1, -0.05) is 27.7 Å². The Labute approximate surface area is 240 Å². The van der Waals surface area contributed by atoms with E-state index in [0.29, 0.717) is 5.39 Å². The van der Waals surface area contributed by atoms with Crippen LogP contribution >= 0.6 is 0 Å². The van der Waals surface area contributed by atoms with Crippen LogP contribution in [0.5, 0.6) is 40.2 Å². The molecule has 0 aliphatic rings. The van der Waals surface area contributed by atoms with Crippen LogP contribution in [-0.2, 0) is 0 Å². The van der Waals surface area contributed by atoms with Gasteiger partial charge in [-0.3, -0.25) is 9.59 Å². The third-order valence-electron chi connectivity index (χ3n) is 9.27. The van der Waals surface area contributed by atoms with E-state index in [1.54, 1.807) is 27.7 Å². The molecule has 0 spiro atoms. The highest BCUT2D eigenvalue weighted by molar-refractivity contribution is 6.51. The van der Waals surface area contributed by atoms with Crippen molar-refractivity contribution in [2.45, 2.75) is 39.5 Å². The third-order valence-corrected chi connectivity index (χ3v) is 9.27. The lowest BCUT2D eigenvalue weighted by Crippen LogP contribution is -2.11. The molecule has 8 aromatic rings. The van der Waals surface area contributed by atoms with E-state index in [-0.39, 0.29) is 92.6 Å². The predicted octanol–water partition coefficient (Wildman–Crippen LogP) is 6.42. The molecule has 0 bridgehead atoms. The molecule has 0 aliphatic carbocycles. The summed E-state index contributed by atoms with van der Waals surface area (Å²) in [6.45, 7) is 6.87. The lowest BCUT2D eigenvalue weighted by atomic mass is 9.77. The van der Waals surface area contributed by atoms with Gasteiger partial charge in [0.1, 0.15) is 40.2 Å². The zero-order valence-corrected chi connectivity index (χ0v) is 23.3. The van der Waals surface area contributed by atoms with Crippen molar-refractivity contribution in [1.29, 1.82) is 0 Å². The minimum Gasteiger partial charge on any atom is -0.507 e. The second-order valence-corrected chi connectivity index (χ2v) is 12.1. The molecule has 0 saturated carbocycles. The fourth-order valence-corrected chi connectivity index (χ4v) is 7.71. The minimum absolute atomic E-state index is 0.00997. The number of hydrogen-bond acceptors (Lipinski definition) is 9. The molecule has 0 amide bonds. The van der Waals surface area contributed by atoms with Crippen molar-refractivity contribution >= 4 is 75.4 Å². The lowest BCUT2D eigenvalue weighted by Gasteiger charge is -2.26. The molecule has 7 N–H and O–H groups in total. The van der Waals surface area contributed by atoms with Crippen molar-refractivity contribution in [3.63, 3.8) is 0 Å². The van der Waals surface area contributed by atoms with Crippen LogP contribution in [0.3, 0.4) is 0 Å². The van der Waals surface area contributed by atoms with Crippen LogP contribution < -0.4 is 10.9 Å². The Morgan fingerprint density at radius 3 is 1.37 bits per heavy atom. The highest BCUT2D eigenvalue weighted by atomic mass is 16.3. The maximum absolute atomic E-state index is 14.3. The summed E-state index contributed by atoms with van der Waals surface area (Å²) in [4.78, 5) is 28.6. The molecule has 0 radical (unpaired) electrons. The van der Waals surface area contributed by atoms with E-state index < -0.39 is 51.4 Å². The molecule has 43 heavy (non-hydrogen) atoms. The number of phenols is 7. The lowest BCUT2D eigenvalue weighted by molar-refractivity contribution is 0.440. The van der Waals surface area contributed by atoms with E-state index in [9.17, 15) is 45.3 Å². The van der Waals surface area contributed by atoms with E-state index in [4.69, 9.17) is 0 Å². The summed E-state index contributed by atoms with van der Waals surface area (Å²) < 4.78 is 0. The van der Waals surface area contributed by atoms with Crippen LogP contribution in [0.1, 0.15) is 50.7 Å². The van der Waals surface area contributed by atoms with Gasteiger partial charge in [0, 0.05) is 65.7 Å². The number of aromatic hydroxyl groups is 7. The van der Waals surface area contributed by atoms with Gasteiger partial charge in [-0.2, -0.15) is 0 Å². The van der Waals surface area contributed by atoms with E-state index in [1.807, 2.05) is 0 Å². The van der Waals surface area contributed by atoms with Crippen LogP contribution in [0.15, 0.2) is 27.8 Å². The van der Waals surface area contributed by atoms with Crippen LogP contribution in [0.2, 0.25) is 0 Å². The van der Waals surface area contributed by atoms with E-state index in [2.05, 4.69) is 0 Å². The predicted molar refractivity (Wildman–Crippen MR) is 166 cm³/mol. The number of benzene rings is 8. The molecule has 9 nitrogen and oxygen atoms in total. The van der Waals surface area contributed by atoms with Crippen molar-refractivity contribution in [1.82, 2.24) is 0 Å². The molecule has 8 rings (SSSR count). The number of fused-ring (bicyclic) bond motifs is 2. The van der Waals surface area contributed by atoms with Gasteiger partial charge in [-0.25, -0.2) is 0 Å². The summed E-state index contributed by atoms with van der Waals surface area (Å²) in [5.41, 5.74) is -1.36. The maximum atomic E-state index is 14.3. The molecule has 0 aliphatic heterocycles. The van der Waals surface area contributed by atoms with E-state index >= 15 is 0 Å². The Balaban J connectivity index is 1.98. The normalized spacial score (nSPS) is 13.0. The van der Waals surface area contributed by atoms with Gasteiger partial charge in [0.05, 0.1) is 21.5 Å². The minimum atomic E-state index is -0.755. The topological polar surface area (TPSA) is 176 Å². The van der Waals surface area contributed by atoms with Gasteiger partial charge in [-0.05, 0) is 29.4 Å². The van der Waals surface area contributed by atoms with Crippen LogP contribution in [0.25, 0.3) is 75.4 Å². The number of hydrogen-bond donors (Lipinski definition) is 7. The summed E-state index contributed by atoms with van der Waals surface area (Å²) in [5.74, 6) is -4.08. The smallest absolute Gasteiger partial charge is 0.201 e. The Morgan fingerprint density at radius 1 is 0.419 bits per heavy atom. The standard InChI is InChI=1S/C34H24O9/c1-8(2)14-29(38)17-10-5-6-11(35)19-16(10)21-24-22(17)27(31(14)40)34(43)20-13(37)7-12(36)18(23(20)24)26-25(21)28(33(19)42)32(41)15(9(3)4)30(26)39/h5-9,35-41H,1-4H3. The van der Waals surface area contributed by atoms with Gasteiger partial charge >= 0.3 is 0 Å². The fraction of sp³-hybridized carbons (Fsp3) is 0.176. The largest absolute Gasteiger partial charge is 0.507 e. The van der Waals surface area contributed by atoms with Crippen molar-refractivity contribution in [3.05, 3.63) is 49.8 Å². The summed E-state index contributed by atoms with van der Waals surface area (Å²) in [5, 5.41) is 80.6. The molecule has 0 atom stereocenters. The second kappa shape index (κ2) is 7.49. The molecule has 0 saturated heterocycles. The van der Waals surface area contributed by atoms with Crippen LogP contribution in [0, 0.1) is 0 Å². The van der Waals surface area contributed by atoms with Crippen molar-refractivity contribution in [2.24, 2.45) is 0 Å². The van der Waals surface area contributed by atoms with Gasteiger partial charge < -0.3 is 35.7 Å². The van der Waals surface area contributed by atoms with E-state index in [0.717, 1.165) is 6.07 Å². The molecular formula is C34H24O9. The first kappa shape index (κ1) is 25.3. The molecule has 0 heterocycles. The summed E-state index contributed by atoms with van der Waals surface area (Å²) in [7, 11) is 0. The highest BCUT2D eigenvalue weighted by Crippen LogP contribution is 2.59. The summed E-state index contributed by atoms with van der Waals surface area (Å²) in [6, 6.07) is 3.77. The van der Waals surface area contributed by atoms with Crippen molar-refractivity contribution in [2.75, 3.05) is 0 Å². The Morgan fingerprint density at radius 2 is 0.814 bits per heavy atom. The van der Waals surface area contributed by atoms with Gasteiger partial charge in [0.25, 0.3) is 0 Å². The summed E-state index contributed by atoms with van der Waals surface area (Å²) >= 11 is 0. The van der Waals surface area contributed by atoms with Gasteiger partial charge in [-0.15, -0.1) is 0 Å². The Bertz CT molecular complexity index is 2670. The van der Waals surface area contributed by atoms with Crippen molar-refractivity contribution < 1.29 is 35.7 Å². The quantitative estimate of drug-likeness (QED) is 0.0904. The Kier molecular flexibility index (Phi) is 4.40. The zero-order chi connectivity index (χ0) is 30.7. The van der Waals surface area contributed by atoms with Gasteiger partial charge in [0.15, 0.2) is 0 Å². The first-order valence-corrected chi connectivity index (χ1v) is 13.8. The van der Waals surface area contributed by atoms with E-state index in [1.165, 1.54) is 12.1 Å². The third kappa shape index (κ3) is 2.52. The molecule has 9 heteroatoms. The first-order valence-electron chi connectivity index (χ1n) is 13.8. The molecule has 0 fully saturated rings. The van der Waals surface area contributed by atoms with Gasteiger partial charge in [0.2, 0.25) is 10.9 Å². The number of phenolic OH excluding ortho intramolecular Hbond substituents is 7. The number of rotatable bonds is 2. The Hall–Kier alpha value is -5.44. The molecule has 0 unspecified atom stereocenters. The average molecular weight is 577 g/mol.